The van der Waals surface area contributed by atoms with Crippen LogP contribution < -0.4 is 0 Å². The molecule has 22 heavy (non-hydrogen) atoms. The standard InChI is InChI=1S/C18H15ClN2O/c1-10-3-4-16(19)15(18(10)22)8-13-7-14-11(2)5-12(9-20)6-17(14)21-13/h3-7,21-22H,8H2,1-2H3. The average molecular weight is 311 g/mol. The summed E-state index contributed by atoms with van der Waals surface area (Å²) in [4.78, 5) is 3.31. The lowest BCUT2D eigenvalue weighted by molar-refractivity contribution is 0.465. The molecule has 4 heteroatoms. The van der Waals surface area contributed by atoms with Crippen molar-refractivity contribution < 1.29 is 5.11 Å². The summed E-state index contributed by atoms with van der Waals surface area (Å²) in [6.07, 6.45) is 0.516. The Morgan fingerprint density at radius 3 is 2.68 bits per heavy atom. The van der Waals surface area contributed by atoms with E-state index in [2.05, 4.69) is 11.1 Å². The van der Waals surface area contributed by atoms with Crippen molar-refractivity contribution in [1.82, 2.24) is 4.98 Å². The predicted molar refractivity (Wildman–Crippen MR) is 88.4 cm³/mol. The Morgan fingerprint density at radius 2 is 1.95 bits per heavy atom. The number of aromatic amines is 1. The number of phenolic OH excluding ortho intramolecular Hbond substituents is 1. The maximum atomic E-state index is 10.2. The Kier molecular flexibility index (Phi) is 3.56. The van der Waals surface area contributed by atoms with Gasteiger partial charge in [0.2, 0.25) is 0 Å². The molecule has 0 amide bonds. The van der Waals surface area contributed by atoms with E-state index in [1.54, 1.807) is 12.1 Å². The SMILES string of the molecule is Cc1ccc(Cl)c(Cc2cc3c(C)cc(C#N)cc3[nH]2)c1O. The van der Waals surface area contributed by atoms with E-state index in [9.17, 15) is 5.11 Å². The summed E-state index contributed by atoms with van der Waals surface area (Å²) in [6, 6.07) is 11.5. The largest absolute Gasteiger partial charge is 0.507 e. The molecule has 0 radical (unpaired) electrons. The zero-order valence-electron chi connectivity index (χ0n) is 12.4. The van der Waals surface area contributed by atoms with Gasteiger partial charge in [0.15, 0.2) is 0 Å². The molecule has 2 aromatic carbocycles. The number of H-pyrrole nitrogens is 1. The lowest BCUT2D eigenvalue weighted by Gasteiger charge is -2.08. The molecule has 0 unspecified atom stereocenters. The molecule has 110 valence electrons. The van der Waals surface area contributed by atoms with E-state index in [1.165, 1.54) is 0 Å². The number of nitrogens with one attached hydrogen (secondary N) is 1. The highest BCUT2D eigenvalue weighted by molar-refractivity contribution is 6.31. The van der Waals surface area contributed by atoms with E-state index in [4.69, 9.17) is 16.9 Å². The number of halogens is 1. The van der Waals surface area contributed by atoms with Crippen molar-refractivity contribution in [2.45, 2.75) is 20.3 Å². The maximum Gasteiger partial charge on any atom is 0.123 e. The van der Waals surface area contributed by atoms with Gasteiger partial charge < -0.3 is 10.1 Å². The average Bonchev–Trinajstić information content (AvgIpc) is 2.91. The van der Waals surface area contributed by atoms with E-state index >= 15 is 0 Å². The molecule has 1 heterocycles. The zero-order chi connectivity index (χ0) is 15.9. The van der Waals surface area contributed by atoms with Crippen LogP contribution in [-0.4, -0.2) is 10.1 Å². The number of hydrogen-bond acceptors (Lipinski definition) is 2. The van der Waals surface area contributed by atoms with E-state index in [0.717, 1.165) is 27.7 Å². The molecular formula is C18H15ClN2O. The van der Waals surface area contributed by atoms with Crippen molar-refractivity contribution in [1.29, 1.82) is 5.26 Å². The van der Waals surface area contributed by atoms with Gasteiger partial charge in [-0.05, 0) is 49.2 Å². The monoisotopic (exact) mass is 310 g/mol. The number of hydrogen-bond donors (Lipinski definition) is 2. The highest BCUT2D eigenvalue weighted by Crippen LogP contribution is 2.32. The first-order chi connectivity index (χ1) is 10.5. The summed E-state index contributed by atoms with van der Waals surface area (Å²) < 4.78 is 0. The lowest BCUT2D eigenvalue weighted by Crippen LogP contribution is -1.92. The molecule has 3 rings (SSSR count). The Morgan fingerprint density at radius 1 is 1.18 bits per heavy atom. The third-order valence-corrected chi connectivity index (χ3v) is 4.28. The molecule has 3 nitrogen and oxygen atoms in total. The van der Waals surface area contributed by atoms with Crippen LogP contribution in [0.3, 0.4) is 0 Å². The van der Waals surface area contributed by atoms with Crippen molar-refractivity contribution >= 4 is 22.5 Å². The van der Waals surface area contributed by atoms with E-state index in [-0.39, 0.29) is 5.75 Å². The molecule has 0 spiro atoms. The van der Waals surface area contributed by atoms with E-state index < -0.39 is 0 Å². The quantitative estimate of drug-likeness (QED) is 0.726. The molecule has 1 aromatic heterocycles. The predicted octanol–water partition coefficient (Wildman–Crippen LogP) is 4.61. The van der Waals surface area contributed by atoms with Crippen LogP contribution >= 0.6 is 11.6 Å². The molecule has 0 aliphatic heterocycles. The molecule has 0 fully saturated rings. The first-order valence-electron chi connectivity index (χ1n) is 6.99. The van der Waals surface area contributed by atoms with Gasteiger partial charge in [-0.2, -0.15) is 5.26 Å². The van der Waals surface area contributed by atoms with Crippen LogP contribution in [0.5, 0.6) is 5.75 Å². The molecule has 0 bridgehead atoms. The molecule has 0 aliphatic carbocycles. The topological polar surface area (TPSA) is 59.8 Å². The molecule has 3 aromatic rings. The van der Waals surface area contributed by atoms with Gasteiger partial charge in [-0.25, -0.2) is 0 Å². The second kappa shape index (κ2) is 5.40. The van der Waals surface area contributed by atoms with Crippen molar-refractivity contribution in [3.63, 3.8) is 0 Å². The number of aromatic hydroxyl groups is 1. The summed E-state index contributed by atoms with van der Waals surface area (Å²) in [5, 5.41) is 20.9. The number of aromatic nitrogens is 1. The van der Waals surface area contributed by atoms with Gasteiger partial charge in [-0.15, -0.1) is 0 Å². The van der Waals surface area contributed by atoms with Crippen molar-refractivity contribution in [3.8, 4) is 11.8 Å². The molecule has 2 N–H and O–H groups in total. The highest BCUT2D eigenvalue weighted by atomic mass is 35.5. The van der Waals surface area contributed by atoms with Gasteiger partial charge >= 0.3 is 0 Å². The van der Waals surface area contributed by atoms with Crippen molar-refractivity contribution in [2.24, 2.45) is 0 Å². The van der Waals surface area contributed by atoms with Crippen LogP contribution in [0.4, 0.5) is 0 Å². The fourth-order valence-corrected chi connectivity index (χ4v) is 2.94. The van der Waals surface area contributed by atoms with Crippen LogP contribution in [0.25, 0.3) is 10.9 Å². The van der Waals surface area contributed by atoms with Gasteiger partial charge in [-0.3, -0.25) is 0 Å². The highest BCUT2D eigenvalue weighted by Gasteiger charge is 2.12. The van der Waals surface area contributed by atoms with Crippen LogP contribution in [0, 0.1) is 25.2 Å². The first kappa shape index (κ1) is 14.5. The van der Waals surface area contributed by atoms with Crippen LogP contribution in [-0.2, 0) is 6.42 Å². The summed E-state index contributed by atoms with van der Waals surface area (Å²) in [7, 11) is 0. The van der Waals surface area contributed by atoms with E-state index in [1.807, 2.05) is 32.0 Å². The van der Waals surface area contributed by atoms with Gasteiger partial charge in [0, 0.05) is 33.6 Å². The fraction of sp³-hybridized carbons (Fsp3) is 0.167. The fourth-order valence-electron chi connectivity index (χ4n) is 2.72. The Bertz CT molecular complexity index is 919. The number of rotatable bonds is 2. The molecule has 0 saturated carbocycles. The summed E-state index contributed by atoms with van der Waals surface area (Å²) in [5.41, 5.74) is 5.08. The number of benzene rings is 2. The Balaban J connectivity index is 2.08. The van der Waals surface area contributed by atoms with Crippen LogP contribution in [0.15, 0.2) is 30.3 Å². The minimum atomic E-state index is 0.237. The van der Waals surface area contributed by atoms with Crippen LogP contribution in [0.1, 0.15) is 27.9 Å². The molecule has 0 saturated heterocycles. The molecule has 0 aliphatic rings. The minimum absolute atomic E-state index is 0.237. The smallest absolute Gasteiger partial charge is 0.123 e. The maximum absolute atomic E-state index is 10.2. The third-order valence-electron chi connectivity index (χ3n) is 3.92. The number of phenols is 1. The summed E-state index contributed by atoms with van der Waals surface area (Å²) in [6.45, 7) is 3.83. The van der Waals surface area contributed by atoms with Crippen LogP contribution in [0.2, 0.25) is 5.02 Å². The van der Waals surface area contributed by atoms with Crippen molar-refractivity contribution in [2.75, 3.05) is 0 Å². The molecular weight excluding hydrogens is 296 g/mol. The van der Waals surface area contributed by atoms with Crippen molar-refractivity contribution in [3.05, 3.63) is 63.3 Å². The third kappa shape index (κ3) is 2.43. The van der Waals surface area contributed by atoms with Gasteiger partial charge in [-0.1, -0.05) is 17.7 Å². The summed E-state index contributed by atoms with van der Waals surface area (Å²) >= 11 is 6.21. The number of fused-ring (bicyclic) bond motifs is 1. The first-order valence-corrected chi connectivity index (χ1v) is 7.36. The number of nitrogens with zero attached hydrogens (tertiary/aromatic N) is 1. The van der Waals surface area contributed by atoms with Gasteiger partial charge in [0.25, 0.3) is 0 Å². The Hall–Kier alpha value is -2.44. The second-order valence-corrected chi connectivity index (χ2v) is 5.94. The normalized spacial score (nSPS) is 10.8. The summed E-state index contributed by atoms with van der Waals surface area (Å²) in [5.74, 6) is 0.237. The van der Waals surface area contributed by atoms with E-state index in [0.29, 0.717) is 22.6 Å². The van der Waals surface area contributed by atoms with Gasteiger partial charge in [0.1, 0.15) is 5.75 Å². The second-order valence-electron chi connectivity index (χ2n) is 5.53. The molecule has 0 atom stereocenters. The minimum Gasteiger partial charge on any atom is -0.507 e. The Labute approximate surface area is 133 Å². The number of nitriles is 1. The lowest BCUT2D eigenvalue weighted by atomic mass is 10.0. The zero-order valence-corrected chi connectivity index (χ0v) is 13.1. The van der Waals surface area contributed by atoms with Gasteiger partial charge in [0.05, 0.1) is 11.6 Å². The number of aryl methyl sites for hydroxylation is 2.